The average molecular weight is 334 g/mol. The van der Waals surface area contributed by atoms with Crippen LogP contribution in [0.3, 0.4) is 0 Å². The molecule has 1 rings (SSSR count). The van der Waals surface area contributed by atoms with Crippen LogP contribution in [-0.2, 0) is 9.53 Å². The highest BCUT2D eigenvalue weighted by Crippen LogP contribution is 2.17. The number of carbonyl (C=O) groups is 1. The van der Waals surface area contributed by atoms with Crippen molar-refractivity contribution in [1.29, 1.82) is 0 Å². The van der Waals surface area contributed by atoms with Crippen LogP contribution in [0.25, 0.3) is 0 Å². The van der Waals surface area contributed by atoms with E-state index < -0.39 is 0 Å². The summed E-state index contributed by atoms with van der Waals surface area (Å²) >= 11 is 3.48. The zero-order valence-electron chi connectivity index (χ0n) is 12.1. The molecule has 0 saturated carbocycles. The standard InChI is InChI=1S/C15H28BrNO2/c1-2-5-13(9-10-16)12-17-15(18)8-7-14-6-3-4-11-19-14/h13-14H,2-12H2,1H3,(H,17,18). The van der Waals surface area contributed by atoms with E-state index in [1.54, 1.807) is 0 Å². The summed E-state index contributed by atoms with van der Waals surface area (Å²) in [5, 5.41) is 4.09. The van der Waals surface area contributed by atoms with Gasteiger partial charge >= 0.3 is 0 Å². The van der Waals surface area contributed by atoms with Gasteiger partial charge in [0.05, 0.1) is 6.10 Å². The van der Waals surface area contributed by atoms with Crippen molar-refractivity contribution in [2.75, 3.05) is 18.5 Å². The van der Waals surface area contributed by atoms with E-state index in [0.29, 0.717) is 18.4 Å². The van der Waals surface area contributed by atoms with Crippen molar-refractivity contribution < 1.29 is 9.53 Å². The first-order valence-electron chi connectivity index (χ1n) is 7.70. The third-order valence-electron chi connectivity index (χ3n) is 3.77. The van der Waals surface area contributed by atoms with Crippen LogP contribution in [0.15, 0.2) is 0 Å². The van der Waals surface area contributed by atoms with Gasteiger partial charge in [-0.25, -0.2) is 0 Å². The molecular weight excluding hydrogens is 306 g/mol. The van der Waals surface area contributed by atoms with Crippen LogP contribution < -0.4 is 5.32 Å². The molecule has 112 valence electrons. The maximum Gasteiger partial charge on any atom is 0.220 e. The first kappa shape index (κ1) is 17.0. The number of hydrogen-bond donors (Lipinski definition) is 1. The number of ether oxygens (including phenoxy) is 1. The van der Waals surface area contributed by atoms with E-state index in [1.165, 1.54) is 25.7 Å². The number of rotatable bonds is 9. The highest BCUT2D eigenvalue weighted by Gasteiger charge is 2.15. The number of nitrogens with one attached hydrogen (secondary N) is 1. The van der Waals surface area contributed by atoms with Crippen molar-refractivity contribution in [2.24, 2.45) is 5.92 Å². The summed E-state index contributed by atoms with van der Waals surface area (Å²) in [6, 6.07) is 0. The molecule has 2 unspecified atom stereocenters. The lowest BCUT2D eigenvalue weighted by atomic mass is 10.0. The van der Waals surface area contributed by atoms with E-state index in [-0.39, 0.29) is 5.91 Å². The van der Waals surface area contributed by atoms with Crippen LogP contribution in [0.5, 0.6) is 0 Å². The van der Waals surface area contributed by atoms with Gasteiger partial charge in [-0.05, 0) is 44.4 Å². The maximum atomic E-state index is 11.8. The van der Waals surface area contributed by atoms with Crippen LogP contribution >= 0.6 is 15.9 Å². The summed E-state index contributed by atoms with van der Waals surface area (Å²) in [6.07, 6.45) is 8.86. The smallest absolute Gasteiger partial charge is 0.220 e. The zero-order valence-corrected chi connectivity index (χ0v) is 13.7. The van der Waals surface area contributed by atoms with Gasteiger partial charge in [0.15, 0.2) is 0 Å². The Bertz CT molecular complexity index is 236. The summed E-state index contributed by atoms with van der Waals surface area (Å²) in [7, 11) is 0. The molecular formula is C15H28BrNO2. The molecule has 0 spiro atoms. The molecule has 0 aromatic heterocycles. The topological polar surface area (TPSA) is 38.3 Å². The molecule has 0 aromatic carbocycles. The second-order valence-corrected chi connectivity index (χ2v) is 6.26. The summed E-state index contributed by atoms with van der Waals surface area (Å²) in [6.45, 7) is 3.89. The third-order valence-corrected chi connectivity index (χ3v) is 4.23. The van der Waals surface area contributed by atoms with Gasteiger partial charge in [-0.1, -0.05) is 29.3 Å². The summed E-state index contributed by atoms with van der Waals surface area (Å²) < 4.78 is 5.64. The van der Waals surface area contributed by atoms with Gasteiger partial charge in [0.25, 0.3) is 0 Å². The van der Waals surface area contributed by atoms with E-state index in [0.717, 1.165) is 37.7 Å². The lowest BCUT2D eigenvalue weighted by Gasteiger charge is -2.22. The largest absolute Gasteiger partial charge is 0.378 e. The van der Waals surface area contributed by atoms with Gasteiger partial charge < -0.3 is 10.1 Å². The predicted octanol–water partition coefficient (Wildman–Crippen LogP) is 3.65. The Hall–Kier alpha value is -0.0900. The number of halogens is 1. The lowest BCUT2D eigenvalue weighted by molar-refractivity contribution is -0.122. The minimum Gasteiger partial charge on any atom is -0.378 e. The Morgan fingerprint density at radius 3 is 2.89 bits per heavy atom. The van der Waals surface area contributed by atoms with E-state index in [4.69, 9.17) is 4.74 Å². The van der Waals surface area contributed by atoms with Gasteiger partial charge in [-0.2, -0.15) is 0 Å². The summed E-state index contributed by atoms with van der Waals surface area (Å²) in [4.78, 5) is 11.8. The SMILES string of the molecule is CCCC(CCBr)CNC(=O)CCC1CCCCO1. The van der Waals surface area contributed by atoms with Crippen LogP contribution in [0.4, 0.5) is 0 Å². The molecule has 1 saturated heterocycles. The Morgan fingerprint density at radius 1 is 1.42 bits per heavy atom. The van der Waals surface area contributed by atoms with Crippen molar-refractivity contribution in [2.45, 2.75) is 64.4 Å². The van der Waals surface area contributed by atoms with Gasteiger partial charge in [0, 0.05) is 24.9 Å². The molecule has 1 aliphatic heterocycles. The molecule has 3 nitrogen and oxygen atoms in total. The Balaban J connectivity index is 2.11. The van der Waals surface area contributed by atoms with E-state index >= 15 is 0 Å². The third kappa shape index (κ3) is 7.93. The number of alkyl halides is 1. The van der Waals surface area contributed by atoms with Crippen LogP contribution in [0.1, 0.15) is 58.3 Å². The fourth-order valence-corrected chi connectivity index (χ4v) is 3.23. The second-order valence-electron chi connectivity index (χ2n) is 5.46. The normalized spacial score (nSPS) is 21.1. The van der Waals surface area contributed by atoms with E-state index in [9.17, 15) is 4.79 Å². The first-order chi connectivity index (χ1) is 9.26. The van der Waals surface area contributed by atoms with Gasteiger partial charge in [-0.3, -0.25) is 4.79 Å². The zero-order chi connectivity index (χ0) is 13.9. The number of hydrogen-bond acceptors (Lipinski definition) is 2. The molecule has 4 heteroatoms. The summed E-state index contributed by atoms with van der Waals surface area (Å²) in [5.41, 5.74) is 0. The molecule has 19 heavy (non-hydrogen) atoms. The van der Waals surface area contributed by atoms with Crippen molar-refractivity contribution in [1.82, 2.24) is 5.32 Å². The summed E-state index contributed by atoms with van der Waals surface area (Å²) in [5.74, 6) is 0.795. The van der Waals surface area contributed by atoms with Crippen LogP contribution in [0.2, 0.25) is 0 Å². The fourth-order valence-electron chi connectivity index (χ4n) is 2.58. The molecule has 0 radical (unpaired) electrons. The van der Waals surface area contributed by atoms with E-state index in [1.807, 2.05) is 0 Å². The van der Waals surface area contributed by atoms with Crippen molar-refractivity contribution in [3.8, 4) is 0 Å². The molecule has 0 aliphatic carbocycles. The van der Waals surface area contributed by atoms with Crippen LogP contribution in [0, 0.1) is 5.92 Å². The van der Waals surface area contributed by atoms with E-state index in [2.05, 4.69) is 28.2 Å². The quantitative estimate of drug-likeness (QED) is 0.654. The van der Waals surface area contributed by atoms with Gasteiger partial charge in [0.2, 0.25) is 5.91 Å². The lowest BCUT2D eigenvalue weighted by Crippen LogP contribution is -2.30. The molecule has 0 bridgehead atoms. The molecule has 1 amide bonds. The Morgan fingerprint density at radius 2 is 2.26 bits per heavy atom. The minimum absolute atomic E-state index is 0.185. The highest BCUT2D eigenvalue weighted by atomic mass is 79.9. The molecule has 1 heterocycles. The van der Waals surface area contributed by atoms with Gasteiger partial charge in [0.1, 0.15) is 0 Å². The maximum absolute atomic E-state index is 11.8. The minimum atomic E-state index is 0.185. The Labute approximate surface area is 126 Å². The molecule has 1 N–H and O–H groups in total. The monoisotopic (exact) mass is 333 g/mol. The number of carbonyl (C=O) groups excluding carboxylic acids is 1. The number of amides is 1. The molecule has 2 atom stereocenters. The van der Waals surface area contributed by atoms with Crippen molar-refractivity contribution >= 4 is 21.8 Å². The predicted molar refractivity (Wildman–Crippen MR) is 82.6 cm³/mol. The first-order valence-corrected chi connectivity index (χ1v) is 8.82. The van der Waals surface area contributed by atoms with Crippen LogP contribution in [-0.4, -0.2) is 30.5 Å². The van der Waals surface area contributed by atoms with Gasteiger partial charge in [-0.15, -0.1) is 0 Å². The highest BCUT2D eigenvalue weighted by molar-refractivity contribution is 9.09. The van der Waals surface area contributed by atoms with Crippen molar-refractivity contribution in [3.05, 3.63) is 0 Å². The molecule has 0 aromatic rings. The molecule has 1 fully saturated rings. The molecule has 1 aliphatic rings. The Kier molecular flexibility index (Phi) is 9.52. The average Bonchev–Trinajstić information content (AvgIpc) is 2.44. The van der Waals surface area contributed by atoms with Crippen molar-refractivity contribution in [3.63, 3.8) is 0 Å². The second kappa shape index (κ2) is 10.7. The fraction of sp³-hybridized carbons (Fsp3) is 0.933.